The van der Waals surface area contributed by atoms with Gasteiger partial charge in [-0.05, 0) is 54.4 Å². The number of unbranched alkanes of at least 4 members (excludes halogenated alkanes) is 21. The zero-order valence-corrected chi connectivity index (χ0v) is 32.5. The molecule has 1 saturated heterocycles. The van der Waals surface area contributed by atoms with E-state index in [-0.39, 0.29) is 28.8 Å². The third kappa shape index (κ3) is 21.3. The molecule has 0 N–H and O–H groups in total. The Bertz CT molecular complexity index is 716. The molecule has 0 aromatic carbocycles. The first-order valence-electron chi connectivity index (χ1n) is 20.2. The normalized spacial score (nSPS) is 17.0. The molecule has 0 aromatic heterocycles. The van der Waals surface area contributed by atoms with Crippen LogP contribution in [-0.4, -0.2) is 47.0 Å². The van der Waals surface area contributed by atoms with Crippen molar-refractivity contribution in [1.82, 2.24) is 5.06 Å². The van der Waals surface area contributed by atoms with Crippen LogP contribution in [0.25, 0.3) is 0 Å². The highest BCUT2D eigenvalue weighted by atomic mass is 16.7. The Morgan fingerprint density at radius 3 is 1.39 bits per heavy atom. The zero-order valence-electron chi connectivity index (χ0n) is 32.5. The van der Waals surface area contributed by atoms with Gasteiger partial charge < -0.3 is 9.47 Å². The molecule has 0 bridgehead atoms. The van der Waals surface area contributed by atoms with E-state index in [2.05, 4.69) is 60.5 Å². The van der Waals surface area contributed by atoms with Crippen LogP contribution in [0.1, 0.15) is 222 Å². The van der Waals surface area contributed by atoms with Crippen molar-refractivity contribution in [3.8, 4) is 0 Å². The summed E-state index contributed by atoms with van der Waals surface area (Å²) in [5.74, 6) is -0.0313. The molecule has 0 amide bonds. The number of esters is 1. The Morgan fingerprint density at radius 2 is 0.978 bits per heavy atom. The fraction of sp³-hybridized carbons (Fsp3) is 0.976. The van der Waals surface area contributed by atoms with Crippen molar-refractivity contribution < 1.29 is 19.1 Å². The molecule has 0 spiro atoms. The third-order valence-electron chi connectivity index (χ3n) is 9.87. The van der Waals surface area contributed by atoms with Crippen LogP contribution in [0, 0.1) is 0 Å². The van der Waals surface area contributed by atoms with Gasteiger partial charge in [0.15, 0.2) is 0 Å². The number of piperidine rings is 1. The van der Waals surface area contributed by atoms with E-state index in [9.17, 15) is 4.79 Å². The number of rotatable bonds is 30. The highest BCUT2D eigenvalue weighted by molar-refractivity contribution is 5.69. The molecule has 0 unspecified atom stereocenters. The van der Waals surface area contributed by atoms with E-state index in [4.69, 9.17) is 14.3 Å². The number of nitrogens with zero attached hydrogens (tertiary/aromatic N) is 1. The molecule has 46 heavy (non-hydrogen) atoms. The minimum absolute atomic E-state index is 0.0313. The van der Waals surface area contributed by atoms with Crippen LogP contribution in [0.3, 0.4) is 0 Å². The average Bonchev–Trinajstić information content (AvgIpc) is 2.97. The van der Waals surface area contributed by atoms with Crippen molar-refractivity contribution in [3.63, 3.8) is 0 Å². The summed E-state index contributed by atoms with van der Waals surface area (Å²) in [6, 6.07) is 0. The van der Waals surface area contributed by atoms with Gasteiger partial charge in [0.1, 0.15) is 6.10 Å². The lowest BCUT2D eigenvalue weighted by Gasteiger charge is -2.53. The standard InChI is InChI=1S/C41H81NO4/c1-9-11-13-15-17-18-19-20-21-22-23-24-25-26-27-28-30-32-38(43)46-37-34-39(3,4)42(40(5,6)35-37)45-36-41(7,8)44-33-31-29-16-14-12-10-2/h37H,9-36H2,1-8H3. The molecular formula is C41H81NO4. The van der Waals surface area contributed by atoms with Gasteiger partial charge in [0, 0.05) is 36.9 Å². The summed E-state index contributed by atoms with van der Waals surface area (Å²) in [6.07, 6.45) is 32.6. The molecular weight excluding hydrogens is 570 g/mol. The molecule has 1 aliphatic rings. The van der Waals surface area contributed by atoms with E-state index in [0.717, 1.165) is 38.7 Å². The number of carbonyl (C=O) groups is 1. The molecule has 5 heteroatoms. The average molecular weight is 652 g/mol. The molecule has 274 valence electrons. The third-order valence-corrected chi connectivity index (χ3v) is 9.87. The number of hydroxylamine groups is 2. The van der Waals surface area contributed by atoms with Gasteiger partial charge >= 0.3 is 5.97 Å². The lowest BCUT2D eigenvalue weighted by Crippen LogP contribution is -2.62. The molecule has 1 heterocycles. The molecule has 0 atom stereocenters. The van der Waals surface area contributed by atoms with Gasteiger partial charge in [0.05, 0.1) is 12.2 Å². The van der Waals surface area contributed by atoms with E-state index in [1.807, 2.05) is 0 Å². The predicted octanol–water partition coefficient (Wildman–Crippen LogP) is 12.7. The van der Waals surface area contributed by atoms with Crippen molar-refractivity contribution in [1.29, 1.82) is 0 Å². The second-order valence-corrected chi connectivity index (χ2v) is 16.5. The summed E-state index contributed by atoms with van der Waals surface area (Å²) in [7, 11) is 0. The van der Waals surface area contributed by atoms with Crippen molar-refractivity contribution in [2.45, 2.75) is 245 Å². The van der Waals surface area contributed by atoms with E-state index in [1.54, 1.807) is 0 Å². The topological polar surface area (TPSA) is 48.0 Å². The molecule has 5 nitrogen and oxygen atoms in total. The quantitative estimate of drug-likeness (QED) is 0.0571. The SMILES string of the molecule is CCCCCCCCCCCCCCCCCCCC(=O)OC1CC(C)(C)N(OCC(C)(C)OCCCCCCCC)C(C)(C)C1. The summed E-state index contributed by atoms with van der Waals surface area (Å²) in [5, 5.41) is 2.15. The maximum Gasteiger partial charge on any atom is 0.306 e. The molecule has 1 rings (SSSR count). The summed E-state index contributed by atoms with van der Waals surface area (Å²) in [6.45, 7) is 18.9. The number of ether oxygens (including phenoxy) is 2. The minimum atomic E-state index is -0.342. The predicted molar refractivity (Wildman–Crippen MR) is 197 cm³/mol. The molecule has 0 radical (unpaired) electrons. The van der Waals surface area contributed by atoms with Gasteiger partial charge in [-0.25, -0.2) is 0 Å². The van der Waals surface area contributed by atoms with E-state index >= 15 is 0 Å². The monoisotopic (exact) mass is 652 g/mol. The lowest BCUT2D eigenvalue weighted by atomic mass is 9.80. The Balaban J connectivity index is 2.16. The van der Waals surface area contributed by atoms with Gasteiger partial charge in [-0.1, -0.05) is 149 Å². The number of hydrogen-bond donors (Lipinski definition) is 0. The van der Waals surface area contributed by atoms with Gasteiger partial charge in [-0.2, -0.15) is 5.06 Å². The van der Waals surface area contributed by atoms with Crippen molar-refractivity contribution in [2.75, 3.05) is 13.2 Å². The second kappa shape index (κ2) is 25.3. The maximum atomic E-state index is 12.7. The van der Waals surface area contributed by atoms with Crippen LogP contribution in [-0.2, 0) is 19.1 Å². The summed E-state index contributed by atoms with van der Waals surface area (Å²) >= 11 is 0. The maximum absolute atomic E-state index is 12.7. The smallest absolute Gasteiger partial charge is 0.306 e. The Kier molecular flexibility index (Phi) is 23.9. The Morgan fingerprint density at radius 1 is 0.609 bits per heavy atom. The lowest BCUT2D eigenvalue weighted by molar-refractivity contribution is -0.309. The summed E-state index contributed by atoms with van der Waals surface area (Å²) in [4.78, 5) is 19.2. The Labute approximate surface area is 288 Å². The van der Waals surface area contributed by atoms with Gasteiger partial charge in [0.25, 0.3) is 0 Å². The van der Waals surface area contributed by atoms with Crippen molar-refractivity contribution in [3.05, 3.63) is 0 Å². The summed E-state index contributed by atoms with van der Waals surface area (Å²) in [5.41, 5.74) is -0.822. The highest BCUT2D eigenvalue weighted by Crippen LogP contribution is 2.40. The molecule has 0 aliphatic carbocycles. The fourth-order valence-corrected chi connectivity index (χ4v) is 7.34. The van der Waals surface area contributed by atoms with Crippen LogP contribution in [0.2, 0.25) is 0 Å². The van der Waals surface area contributed by atoms with Crippen LogP contribution in [0.5, 0.6) is 0 Å². The van der Waals surface area contributed by atoms with E-state index < -0.39 is 0 Å². The van der Waals surface area contributed by atoms with Crippen molar-refractivity contribution >= 4 is 5.97 Å². The number of hydrogen-bond acceptors (Lipinski definition) is 5. The molecule has 0 aromatic rings. The zero-order chi connectivity index (χ0) is 34.2. The van der Waals surface area contributed by atoms with Crippen LogP contribution < -0.4 is 0 Å². The highest BCUT2D eigenvalue weighted by Gasteiger charge is 2.48. The largest absolute Gasteiger partial charge is 0.462 e. The Hall–Kier alpha value is -0.650. The van der Waals surface area contributed by atoms with Gasteiger partial charge in [-0.3, -0.25) is 9.63 Å². The van der Waals surface area contributed by atoms with Crippen molar-refractivity contribution in [2.24, 2.45) is 0 Å². The van der Waals surface area contributed by atoms with Gasteiger partial charge in [0.2, 0.25) is 0 Å². The number of carbonyl (C=O) groups excluding carboxylic acids is 1. The van der Waals surface area contributed by atoms with Crippen LogP contribution in [0.15, 0.2) is 0 Å². The van der Waals surface area contributed by atoms with Gasteiger partial charge in [-0.15, -0.1) is 0 Å². The fourth-order valence-electron chi connectivity index (χ4n) is 7.34. The minimum Gasteiger partial charge on any atom is -0.462 e. The molecule has 1 fully saturated rings. The first-order chi connectivity index (χ1) is 21.9. The molecule has 1 aliphatic heterocycles. The first-order valence-corrected chi connectivity index (χ1v) is 20.2. The molecule has 0 saturated carbocycles. The van der Waals surface area contributed by atoms with Crippen LogP contribution in [0.4, 0.5) is 0 Å². The summed E-state index contributed by atoms with van der Waals surface area (Å²) < 4.78 is 12.3. The second-order valence-electron chi connectivity index (χ2n) is 16.5. The van der Waals surface area contributed by atoms with E-state index in [1.165, 1.54) is 128 Å². The van der Waals surface area contributed by atoms with Crippen LogP contribution >= 0.6 is 0 Å². The van der Waals surface area contributed by atoms with E-state index in [0.29, 0.717) is 13.0 Å². The first kappa shape index (κ1) is 43.4.